The maximum Gasteiger partial charge on any atom is 0.320 e. The molecule has 2 N–H and O–H groups in total. The predicted octanol–water partition coefficient (Wildman–Crippen LogP) is 2.23. The molecule has 2 aromatic heterocycles. The van der Waals surface area contributed by atoms with E-state index in [0.29, 0.717) is 0 Å². The average molecular weight is 358 g/mol. The Kier molecular flexibility index (Phi) is 4.54. The Balaban J connectivity index is 1.32. The number of aliphatic carboxylic acids is 1. The number of carboxylic acids is 1. The number of carboxylic acid groups (broad SMARTS) is 1. The van der Waals surface area contributed by atoms with Gasteiger partial charge in [0.05, 0.1) is 4.88 Å². The summed E-state index contributed by atoms with van der Waals surface area (Å²) in [7, 11) is 0. The molecule has 7 heteroatoms. The van der Waals surface area contributed by atoms with Gasteiger partial charge in [-0.15, -0.1) is 11.3 Å². The summed E-state index contributed by atoms with van der Waals surface area (Å²) in [5, 5.41) is 14.4. The highest BCUT2D eigenvalue weighted by molar-refractivity contribution is 7.13. The number of nitrogens with zero attached hydrogens (tertiary/aromatic N) is 3. The van der Waals surface area contributed by atoms with Crippen molar-refractivity contribution in [3.05, 3.63) is 35.5 Å². The van der Waals surface area contributed by atoms with Gasteiger partial charge in [0.15, 0.2) is 5.82 Å². The van der Waals surface area contributed by atoms with Crippen LogP contribution in [0.4, 0.5) is 0 Å². The molecule has 132 valence electrons. The van der Waals surface area contributed by atoms with Gasteiger partial charge in [-0.1, -0.05) is 6.07 Å². The number of hydrogen-bond acceptors (Lipinski definition) is 6. The van der Waals surface area contributed by atoms with Crippen molar-refractivity contribution < 1.29 is 9.90 Å². The Bertz CT molecular complexity index is 724. The molecule has 6 nitrogen and oxygen atoms in total. The lowest BCUT2D eigenvalue weighted by Gasteiger charge is -2.38. The van der Waals surface area contributed by atoms with Crippen LogP contribution in [-0.4, -0.2) is 51.6 Å². The smallest absolute Gasteiger partial charge is 0.320 e. The molecule has 2 fully saturated rings. The van der Waals surface area contributed by atoms with E-state index in [1.54, 1.807) is 11.3 Å². The molecule has 1 spiro atoms. The number of thiophene rings is 1. The molecule has 0 unspecified atom stereocenters. The van der Waals surface area contributed by atoms with Gasteiger partial charge in [0.1, 0.15) is 6.04 Å². The minimum absolute atomic E-state index is 0.166. The summed E-state index contributed by atoms with van der Waals surface area (Å²) in [6.45, 7) is 3.69. The summed E-state index contributed by atoms with van der Waals surface area (Å²) in [6, 6.07) is 3.67. The monoisotopic (exact) mass is 358 g/mol. The van der Waals surface area contributed by atoms with E-state index in [-0.39, 0.29) is 11.5 Å². The fraction of sp³-hybridized carbons (Fsp3) is 0.500. The Morgan fingerprint density at radius 3 is 2.72 bits per heavy atom. The van der Waals surface area contributed by atoms with Gasteiger partial charge in [0, 0.05) is 31.0 Å². The van der Waals surface area contributed by atoms with E-state index in [0.717, 1.165) is 61.7 Å². The highest BCUT2D eigenvalue weighted by Crippen LogP contribution is 2.39. The fourth-order valence-corrected chi connectivity index (χ4v) is 4.56. The van der Waals surface area contributed by atoms with E-state index in [1.807, 2.05) is 29.9 Å². The van der Waals surface area contributed by atoms with E-state index in [1.165, 1.54) is 0 Å². The van der Waals surface area contributed by atoms with Gasteiger partial charge in [-0.05, 0) is 49.2 Å². The second-order valence-corrected chi connectivity index (χ2v) is 8.09. The van der Waals surface area contributed by atoms with Crippen molar-refractivity contribution in [3.63, 3.8) is 0 Å². The highest BCUT2D eigenvalue weighted by atomic mass is 32.1. The quantitative estimate of drug-likeness (QED) is 0.873. The Morgan fingerprint density at radius 2 is 2.12 bits per heavy atom. The summed E-state index contributed by atoms with van der Waals surface area (Å²) in [5.74, 6) is 0.0652. The largest absolute Gasteiger partial charge is 0.480 e. The van der Waals surface area contributed by atoms with Gasteiger partial charge in [0.25, 0.3) is 0 Å². The molecule has 0 bridgehead atoms. The van der Waals surface area contributed by atoms with Gasteiger partial charge in [0.2, 0.25) is 0 Å². The molecule has 2 aliphatic heterocycles. The summed E-state index contributed by atoms with van der Waals surface area (Å²) in [5.41, 5.74) is 1.29. The number of piperidine rings is 1. The summed E-state index contributed by atoms with van der Waals surface area (Å²) >= 11 is 1.65. The maximum absolute atomic E-state index is 11.2. The van der Waals surface area contributed by atoms with E-state index in [2.05, 4.69) is 20.2 Å². The minimum Gasteiger partial charge on any atom is -0.480 e. The van der Waals surface area contributed by atoms with Crippen LogP contribution in [0.3, 0.4) is 0 Å². The van der Waals surface area contributed by atoms with Crippen molar-refractivity contribution in [1.29, 1.82) is 0 Å². The molecular formula is C18H22N4O2S. The third-order valence-electron chi connectivity index (χ3n) is 5.43. The van der Waals surface area contributed by atoms with Crippen LogP contribution in [-0.2, 0) is 11.3 Å². The second-order valence-electron chi connectivity index (χ2n) is 7.14. The molecule has 0 amide bonds. The van der Waals surface area contributed by atoms with Gasteiger partial charge in [-0.2, -0.15) is 0 Å². The SMILES string of the molecule is O=C(O)[C@H]1CC2(CCN(Cc3cnc(-c4cccs4)nc3)CC2)CN1. The summed E-state index contributed by atoms with van der Waals surface area (Å²) < 4.78 is 0. The standard InChI is InChI=1S/C18H22N4O2S/c23-17(24)14-8-18(12-21-14)3-5-22(6-4-18)11-13-9-19-16(20-10-13)15-2-1-7-25-15/h1-2,7,9-10,14,21H,3-6,8,11-12H2,(H,23,24)/t14-/m1/s1. The highest BCUT2D eigenvalue weighted by Gasteiger charge is 2.43. The van der Waals surface area contributed by atoms with Crippen LogP contribution in [0, 0.1) is 5.41 Å². The summed E-state index contributed by atoms with van der Waals surface area (Å²) in [4.78, 5) is 23.6. The third kappa shape index (κ3) is 3.58. The minimum atomic E-state index is -0.720. The number of aromatic nitrogens is 2. The van der Waals surface area contributed by atoms with E-state index < -0.39 is 5.97 Å². The van der Waals surface area contributed by atoms with Gasteiger partial charge < -0.3 is 10.4 Å². The maximum atomic E-state index is 11.2. The molecule has 2 saturated heterocycles. The normalized spacial score (nSPS) is 23.1. The van der Waals surface area contributed by atoms with Crippen LogP contribution < -0.4 is 5.32 Å². The predicted molar refractivity (Wildman–Crippen MR) is 96.3 cm³/mol. The number of hydrogen-bond donors (Lipinski definition) is 2. The number of rotatable bonds is 4. The first-order chi connectivity index (χ1) is 12.1. The third-order valence-corrected chi connectivity index (χ3v) is 6.29. The lowest BCUT2D eigenvalue weighted by atomic mass is 9.76. The van der Waals surface area contributed by atoms with E-state index in [9.17, 15) is 9.90 Å². The number of carbonyl (C=O) groups is 1. The van der Waals surface area contributed by atoms with Crippen molar-refractivity contribution in [2.75, 3.05) is 19.6 Å². The van der Waals surface area contributed by atoms with Crippen LogP contribution >= 0.6 is 11.3 Å². The van der Waals surface area contributed by atoms with Crippen molar-refractivity contribution in [1.82, 2.24) is 20.2 Å². The van der Waals surface area contributed by atoms with Crippen LogP contribution in [0.2, 0.25) is 0 Å². The molecule has 0 aliphatic carbocycles. The van der Waals surface area contributed by atoms with E-state index in [4.69, 9.17) is 0 Å². The topological polar surface area (TPSA) is 78.3 Å². The van der Waals surface area contributed by atoms with Gasteiger partial charge >= 0.3 is 5.97 Å². The van der Waals surface area contributed by atoms with Crippen molar-refractivity contribution >= 4 is 17.3 Å². The number of nitrogens with one attached hydrogen (secondary N) is 1. The fourth-order valence-electron chi connectivity index (χ4n) is 3.89. The molecule has 0 aromatic carbocycles. The second kappa shape index (κ2) is 6.82. The van der Waals surface area contributed by atoms with Crippen LogP contribution in [0.5, 0.6) is 0 Å². The molecule has 4 rings (SSSR count). The Labute approximate surface area is 150 Å². The van der Waals surface area contributed by atoms with Crippen molar-refractivity contribution in [3.8, 4) is 10.7 Å². The molecule has 1 atom stereocenters. The average Bonchev–Trinajstić information content (AvgIpc) is 3.29. The lowest BCUT2D eigenvalue weighted by molar-refractivity contribution is -0.139. The molecule has 25 heavy (non-hydrogen) atoms. The zero-order chi connectivity index (χ0) is 17.3. The molecule has 2 aromatic rings. The molecular weight excluding hydrogens is 336 g/mol. The molecule has 2 aliphatic rings. The summed E-state index contributed by atoms with van der Waals surface area (Å²) in [6.07, 6.45) is 6.71. The first-order valence-corrected chi connectivity index (χ1v) is 9.55. The van der Waals surface area contributed by atoms with Crippen LogP contribution in [0.1, 0.15) is 24.8 Å². The molecule has 0 saturated carbocycles. The van der Waals surface area contributed by atoms with Crippen LogP contribution in [0.15, 0.2) is 29.9 Å². The zero-order valence-corrected chi connectivity index (χ0v) is 14.8. The first kappa shape index (κ1) is 16.6. The van der Waals surface area contributed by atoms with Crippen molar-refractivity contribution in [2.24, 2.45) is 5.41 Å². The Hall–Kier alpha value is -1.83. The lowest BCUT2D eigenvalue weighted by Crippen LogP contribution is -2.40. The Morgan fingerprint density at radius 1 is 1.36 bits per heavy atom. The van der Waals surface area contributed by atoms with Crippen molar-refractivity contribution in [2.45, 2.75) is 31.8 Å². The van der Waals surface area contributed by atoms with Gasteiger partial charge in [-0.3, -0.25) is 9.69 Å². The number of likely N-dealkylation sites (tertiary alicyclic amines) is 1. The molecule has 0 radical (unpaired) electrons. The molecule has 4 heterocycles. The first-order valence-electron chi connectivity index (χ1n) is 8.67. The van der Waals surface area contributed by atoms with Gasteiger partial charge in [-0.25, -0.2) is 9.97 Å². The van der Waals surface area contributed by atoms with E-state index >= 15 is 0 Å². The zero-order valence-electron chi connectivity index (χ0n) is 14.0. The van der Waals surface area contributed by atoms with Crippen LogP contribution in [0.25, 0.3) is 10.7 Å².